The summed E-state index contributed by atoms with van der Waals surface area (Å²) in [5, 5.41) is 3.39. The molecule has 2 heterocycles. The highest BCUT2D eigenvalue weighted by Crippen LogP contribution is 2.39. The second-order valence-corrected chi connectivity index (χ2v) is 8.07. The minimum Gasteiger partial charge on any atom is -0.497 e. The first-order chi connectivity index (χ1) is 13.8. The molecule has 1 saturated heterocycles. The summed E-state index contributed by atoms with van der Waals surface area (Å²) in [6.45, 7) is 1.97. The summed E-state index contributed by atoms with van der Waals surface area (Å²) in [6, 6.07) is 17.0. The second-order valence-electron chi connectivity index (χ2n) is 7.13. The molecule has 1 fully saturated rings. The smallest absolute Gasteiger partial charge is 0.127 e. The van der Waals surface area contributed by atoms with E-state index in [0.717, 1.165) is 43.1 Å². The first-order valence-corrected chi connectivity index (χ1v) is 10.6. The summed E-state index contributed by atoms with van der Waals surface area (Å²) < 4.78 is 11.0. The van der Waals surface area contributed by atoms with Gasteiger partial charge in [-0.25, -0.2) is 4.98 Å². The van der Waals surface area contributed by atoms with Crippen LogP contribution in [0.25, 0.3) is 0 Å². The van der Waals surface area contributed by atoms with Crippen molar-refractivity contribution in [3.05, 3.63) is 75.7 Å². The van der Waals surface area contributed by atoms with Gasteiger partial charge in [0.2, 0.25) is 0 Å². The predicted molar refractivity (Wildman–Crippen MR) is 113 cm³/mol. The molecule has 1 aromatic heterocycles. The van der Waals surface area contributed by atoms with Crippen LogP contribution >= 0.6 is 11.3 Å². The molecule has 28 heavy (non-hydrogen) atoms. The van der Waals surface area contributed by atoms with Crippen molar-refractivity contribution in [1.82, 2.24) is 9.88 Å². The number of rotatable bonds is 7. The second kappa shape index (κ2) is 8.76. The molecule has 0 amide bonds. The van der Waals surface area contributed by atoms with Crippen LogP contribution in [-0.2, 0) is 13.0 Å². The Kier molecular flexibility index (Phi) is 5.93. The van der Waals surface area contributed by atoms with Gasteiger partial charge in [-0.15, -0.1) is 11.3 Å². The SMILES string of the molecule is COc1ccc([C@H]2CCCN2Cc2csc(Cc3ccccc3)n2)c(OC)c1. The molecule has 1 atom stereocenters. The van der Waals surface area contributed by atoms with Gasteiger partial charge in [-0.2, -0.15) is 0 Å². The topological polar surface area (TPSA) is 34.6 Å². The van der Waals surface area contributed by atoms with Gasteiger partial charge in [-0.1, -0.05) is 36.4 Å². The molecule has 0 radical (unpaired) electrons. The number of thiazole rings is 1. The normalized spacial score (nSPS) is 17.0. The maximum atomic E-state index is 5.65. The van der Waals surface area contributed by atoms with E-state index in [1.807, 2.05) is 12.1 Å². The third kappa shape index (κ3) is 4.21. The molecule has 146 valence electrons. The molecule has 5 heteroatoms. The van der Waals surface area contributed by atoms with Crippen LogP contribution in [0, 0.1) is 0 Å². The minimum absolute atomic E-state index is 0.361. The van der Waals surface area contributed by atoms with E-state index in [2.05, 4.69) is 46.7 Å². The maximum Gasteiger partial charge on any atom is 0.127 e. The van der Waals surface area contributed by atoms with Gasteiger partial charge in [0.1, 0.15) is 11.5 Å². The maximum absolute atomic E-state index is 5.65. The summed E-state index contributed by atoms with van der Waals surface area (Å²) >= 11 is 1.76. The largest absolute Gasteiger partial charge is 0.497 e. The average Bonchev–Trinajstić information content (AvgIpc) is 3.38. The van der Waals surface area contributed by atoms with Crippen LogP contribution in [0.5, 0.6) is 11.5 Å². The van der Waals surface area contributed by atoms with Gasteiger partial charge in [0.25, 0.3) is 0 Å². The Morgan fingerprint density at radius 1 is 1.11 bits per heavy atom. The van der Waals surface area contributed by atoms with E-state index in [1.54, 1.807) is 25.6 Å². The lowest BCUT2D eigenvalue weighted by atomic mass is 10.0. The van der Waals surface area contributed by atoms with Crippen LogP contribution in [0.15, 0.2) is 53.9 Å². The van der Waals surface area contributed by atoms with Crippen molar-refractivity contribution in [2.45, 2.75) is 31.8 Å². The zero-order valence-electron chi connectivity index (χ0n) is 16.4. The zero-order valence-corrected chi connectivity index (χ0v) is 17.2. The standard InChI is InChI=1S/C23H26N2O2S/c1-26-19-10-11-20(22(14-19)27-2)21-9-6-12-25(21)15-18-16-28-23(24-18)13-17-7-4-3-5-8-17/h3-5,7-8,10-11,14,16,21H,6,9,12-13,15H2,1-2H3/t21-/m1/s1. The van der Waals surface area contributed by atoms with Gasteiger partial charge in [0.05, 0.1) is 24.9 Å². The Morgan fingerprint density at radius 3 is 2.75 bits per heavy atom. The van der Waals surface area contributed by atoms with Crippen molar-refractivity contribution >= 4 is 11.3 Å². The third-order valence-electron chi connectivity index (χ3n) is 5.33. The number of hydrogen-bond donors (Lipinski definition) is 0. The number of aromatic nitrogens is 1. The number of nitrogens with zero attached hydrogens (tertiary/aromatic N) is 2. The fourth-order valence-electron chi connectivity index (χ4n) is 3.94. The Balaban J connectivity index is 1.48. The van der Waals surface area contributed by atoms with Gasteiger partial charge in [0, 0.05) is 36.0 Å². The molecular formula is C23H26N2O2S. The lowest BCUT2D eigenvalue weighted by Gasteiger charge is -2.25. The van der Waals surface area contributed by atoms with E-state index in [0.29, 0.717) is 6.04 Å². The lowest BCUT2D eigenvalue weighted by Crippen LogP contribution is -2.23. The predicted octanol–water partition coefficient (Wildman–Crippen LogP) is 5.09. The molecule has 4 rings (SSSR count). The Labute approximate surface area is 170 Å². The number of benzene rings is 2. The summed E-state index contributed by atoms with van der Waals surface area (Å²) in [5.41, 5.74) is 3.71. The highest BCUT2D eigenvalue weighted by molar-refractivity contribution is 7.09. The van der Waals surface area contributed by atoms with Gasteiger partial charge in [-0.3, -0.25) is 4.90 Å². The summed E-state index contributed by atoms with van der Waals surface area (Å²) in [7, 11) is 3.42. The van der Waals surface area contributed by atoms with Crippen LogP contribution in [0.3, 0.4) is 0 Å². The van der Waals surface area contributed by atoms with Gasteiger partial charge in [-0.05, 0) is 31.0 Å². The van der Waals surface area contributed by atoms with E-state index < -0.39 is 0 Å². The molecule has 0 saturated carbocycles. The fraction of sp³-hybridized carbons (Fsp3) is 0.348. The Morgan fingerprint density at radius 2 is 1.96 bits per heavy atom. The lowest BCUT2D eigenvalue weighted by molar-refractivity contribution is 0.240. The van der Waals surface area contributed by atoms with Crippen molar-refractivity contribution < 1.29 is 9.47 Å². The number of likely N-dealkylation sites (tertiary alicyclic amines) is 1. The Hall–Kier alpha value is -2.37. The first kappa shape index (κ1) is 19.0. The highest BCUT2D eigenvalue weighted by atomic mass is 32.1. The molecule has 0 bridgehead atoms. The van der Waals surface area contributed by atoms with Crippen molar-refractivity contribution in [2.24, 2.45) is 0 Å². The fourth-order valence-corrected chi connectivity index (χ4v) is 4.76. The molecule has 3 aromatic rings. The van der Waals surface area contributed by atoms with Crippen LogP contribution in [0.2, 0.25) is 0 Å². The number of ether oxygens (including phenoxy) is 2. The van der Waals surface area contributed by atoms with Crippen molar-refractivity contribution in [3.8, 4) is 11.5 Å². The molecular weight excluding hydrogens is 368 g/mol. The molecule has 0 unspecified atom stereocenters. The minimum atomic E-state index is 0.361. The average molecular weight is 395 g/mol. The van der Waals surface area contributed by atoms with Crippen LogP contribution < -0.4 is 9.47 Å². The molecule has 1 aliphatic rings. The van der Waals surface area contributed by atoms with Crippen molar-refractivity contribution in [2.75, 3.05) is 20.8 Å². The molecule has 2 aromatic carbocycles. The van der Waals surface area contributed by atoms with E-state index in [-0.39, 0.29) is 0 Å². The molecule has 4 nitrogen and oxygen atoms in total. The van der Waals surface area contributed by atoms with Crippen LogP contribution in [0.4, 0.5) is 0 Å². The van der Waals surface area contributed by atoms with Gasteiger partial charge < -0.3 is 9.47 Å². The third-order valence-corrected chi connectivity index (χ3v) is 6.22. The van der Waals surface area contributed by atoms with Gasteiger partial charge in [0.15, 0.2) is 0 Å². The molecule has 0 N–H and O–H groups in total. The Bertz CT molecular complexity index is 910. The van der Waals surface area contributed by atoms with Crippen molar-refractivity contribution in [1.29, 1.82) is 0 Å². The number of hydrogen-bond acceptors (Lipinski definition) is 5. The number of methoxy groups -OCH3 is 2. The summed E-state index contributed by atoms with van der Waals surface area (Å²) in [5.74, 6) is 1.73. The van der Waals surface area contributed by atoms with E-state index in [4.69, 9.17) is 14.5 Å². The molecule has 1 aliphatic heterocycles. The van der Waals surface area contributed by atoms with Crippen LogP contribution in [-0.4, -0.2) is 30.6 Å². The van der Waals surface area contributed by atoms with E-state index in [9.17, 15) is 0 Å². The molecule has 0 aliphatic carbocycles. The first-order valence-electron chi connectivity index (χ1n) is 9.70. The highest BCUT2D eigenvalue weighted by Gasteiger charge is 2.29. The summed E-state index contributed by atoms with van der Waals surface area (Å²) in [4.78, 5) is 7.41. The monoisotopic (exact) mass is 394 g/mol. The van der Waals surface area contributed by atoms with Crippen molar-refractivity contribution in [3.63, 3.8) is 0 Å². The molecule has 0 spiro atoms. The van der Waals surface area contributed by atoms with E-state index in [1.165, 1.54) is 22.6 Å². The van der Waals surface area contributed by atoms with Gasteiger partial charge >= 0.3 is 0 Å². The quantitative estimate of drug-likeness (QED) is 0.559. The summed E-state index contributed by atoms with van der Waals surface area (Å²) in [6.07, 6.45) is 3.24. The van der Waals surface area contributed by atoms with E-state index >= 15 is 0 Å². The zero-order chi connectivity index (χ0) is 19.3. The van der Waals surface area contributed by atoms with Crippen LogP contribution in [0.1, 0.15) is 40.7 Å².